The van der Waals surface area contributed by atoms with Gasteiger partial charge in [-0.15, -0.1) is 0 Å². The van der Waals surface area contributed by atoms with E-state index >= 15 is 0 Å². The Labute approximate surface area is 123 Å². The molecule has 0 fully saturated rings. The summed E-state index contributed by atoms with van der Waals surface area (Å²) in [5.41, 5.74) is 0. The van der Waals surface area contributed by atoms with E-state index in [0.29, 0.717) is 0 Å². The number of ketones is 3. The molecule has 110 valence electrons. The fraction of sp³-hybridized carbons (Fsp3) is 0.0769. The van der Waals surface area contributed by atoms with Crippen molar-refractivity contribution >= 4 is 17.3 Å². The van der Waals surface area contributed by atoms with Crippen molar-refractivity contribution in [3.05, 3.63) is 54.7 Å². The van der Waals surface area contributed by atoms with Crippen molar-refractivity contribution in [1.29, 1.82) is 0 Å². The lowest BCUT2D eigenvalue weighted by molar-refractivity contribution is 0.0720. The summed E-state index contributed by atoms with van der Waals surface area (Å²) in [5, 5.41) is 0. The van der Waals surface area contributed by atoms with Gasteiger partial charge in [0.15, 0.2) is 23.4 Å². The summed E-state index contributed by atoms with van der Waals surface area (Å²) in [7, 11) is 0. The molecule has 9 heteroatoms. The van der Waals surface area contributed by atoms with Gasteiger partial charge < -0.3 is 15.0 Å². The molecule has 0 radical (unpaired) electrons. The largest absolute Gasteiger partial charge is 0.342 e. The summed E-state index contributed by atoms with van der Waals surface area (Å²) >= 11 is 0. The van der Waals surface area contributed by atoms with Gasteiger partial charge in [0, 0.05) is 37.2 Å². The third-order valence-electron chi connectivity index (χ3n) is 2.98. The van der Waals surface area contributed by atoms with Crippen LogP contribution in [0.3, 0.4) is 0 Å². The van der Waals surface area contributed by atoms with Crippen molar-refractivity contribution < 1.29 is 14.4 Å². The second kappa shape index (κ2) is 5.56. The number of carbonyl (C=O) groups is 3. The second-order valence-electron chi connectivity index (χ2n) is 4.34. The molecule has 3 rings (SSSR count). The predicted octanol–water partition coefficient (Wildman–Crippen LogP) is 0.421. The molecule has 9 nitrogen and oxygen atoms in total. The van der Waals surface area contributed by atoms with Crippen LogP contribution in [-0.2, 0) is 0 Å². The number of Topliss-reactive ketones (excluding diaryl/α,β-unsaturated/α-hetero) is 3. The molecule has 0 spiro atoms. The maximum atomic E-state index is 12.5. The Hall–Kier alpha value is -3.36. The van der Waals surface area contributed by atoms with Gasteiger partial charge in [0.1, 0.15) is 0 Å². The van der Waals surface area contributed by atoms with Crippen molar-refractivity contribution in [2.75, 3.05) is 0 Å². The van der Waals surface area contributed by atoms with Gasteiger partial charge in [0.2, 0.25) is 17.3 Å². The molecule has 3 N–H and O–H groups in total. The SMILES string of the molecule is O=C(c1ncc[nH]1)C(C(=O)c1ncc[nH]1)C(=O)c1ncc[nH]1. The van der Waals surface area contributed by atoms with Crippen LogP contribution in [0.25, 0.3) is 0 Å². The monoisotopic (exact) mass is 298 g/mol. The van der Waals surface area contributed by atoms with Crippen LogP contribution in [0.15, 0.2) is 37.2 Å². The number of hydrogen-bond acceptors (Lipinski definition) is 6. The lowest BCUT2D eigenvalue weighted by atomic mass is 9.92. The van der Waals surface area contributed by atoms with E-state index in [0.717, 1.165) is 0 Å². The van der Waals surface area contributed by atoms with Crippen molar-refractivity contribution in [2.24, 2.45) is 5.92 Å². The minimum absolute atomic E-state index is 0.0789. The highest BCUT2D eigenvalue weighted by Gasteiger charge is 2.39. The first-order valence-electron chi connectivity index (χ1n) is 6.29. The van der Waals surface area contributed by atoms with E-state index in [2.05, 4.69) is 29.9 Å². The highest BCUT2D eigenvalue weighted by molar-refractivity contribution is 6.29. The first-order chi connectivity index (χ1) is 10.7. The Morgan fingerprint density at radius 2 is 1.00 bits per heavy atom. The van der Waals surface area contributed by atoms with Gasteiger partial charge in [0.05, 0.1) is 0 Å². The number of hydrogen-bond donors (Lipinski definition) is 3. The third-order valence-corrected chi connectivity index (χ3v) is 2.98. The van der Waals surface area contributed by atoms with Crippen LogP contribution < -0.4 is 0 Å². The van der Waals surface area contributed by atoms with E-state index in [9.17, 15) is 14.4 Å². The van der Waals surface area contributed by atoms with E-state index in [4.69, 9.17) is 0 Å². The van der Waals surface area contributed by atoms with Gasteiger partial charge >= 0.3 is 0 Å². The van der Waals surface area contributed by atoms with Gasteiger partial charge in [-0.2, -0.15) is 0 Å². The molecular weight excluding hydrogens is 288 g/mol. The molecule has 22 heavy (non-hydrogen) atoms. The van der Waals surface area contributed by atoms with Gasteiger partial charge in [-0.3, -0.25) is 14.4 Å². The van der Waals surface area contributed by atoms with E-state index in [1.165, 1.54) is 37.2 Å². The average Bonchev–Trinajstić information content (AvgIpc) is 3.29. The van der Waals surface area contributed by atoms with Crippen molar-refractivity contribution in [3.8, 4) is 0 Å². The first-order valence-corrected chi connectivity index (χ1v) is 6.29. The summed E-state index contributed by atoms with van der Waals surface area (Å²) in [6.45, 7) is 0. The van der Waals surface area contributed by atoms with Crippen LogP contribution in [0.1, 0.15) is 31.9 Å². The van der Waals surface area contributed by atoms with E-state index in [1.54, 1.807) is 0 Å². The number of aromatic amines is 3. The second-order valence-corrected chi connectivity index (χ2v) is 4.34. The molecular formula is C13H10N6O3. The third kappa shape index (κ3) is 2.35. The molecule has 0 aliphatic carbocycles. The highest BCUT2D eigenvalue weighted by Crippen LogP contribution is 2.15. The molecule has 0 saturated carbocycles. The van der Waals surface area contributed by atoms with Crippen LogP contribution in [-0.4, -0.2) is 47.3 Å². The number of H-pyrrole nitrogens is 3. The Morgan fingerprint density at radius 1 is 0.682 bits per heavy atom. The normalized spacial score (nSPS) is 10.8. The van der Waals surface area contributed by atoms with E-state index in [1.807, 2.05) is 0 Å². The molecule has 0 aliphatic heterocycles. The molecule has 0 aliphatic rings. The smallest absolute Gasteiger partial charge is 0.216 e. The van der Waals surface area contributed by atoms with Crippen LogP contribution in [0.2, 0.25) is 0 Å². The van der Waals surface area contributed by atoms with Crippen LogP contribution >= 0.6 is 0 Å². The molecule has 0 atom stereocenters. The fourth-order valence-corrected chi connectivity index (χ4v) is 1.97. The number of nitrogens with zero attached hydrogens (tertiary/aromatic N) is 3. The minimum atomic E-state index is -1.61. The maximum absolute atomic E-state index is 12.5. The summed E-state index contributed by atoms with van der Waals surface area (Å²) in [4.78, 5) is 56.5. The minimum Gasteiger partial charge on any atom is -0.342 e. The standard InChI is InChI=1S/C13H10N6O3/c20-8(11-14-1-2-15-11)7(9(21)12-16-3-4-17-12)10(22)13-18-5-6-19-13/h1-7H,(H,14,15)(H,16,17)(H,18,19). The molecule has 3 aromatic rings. The number of imidazole rings is 3. The van der Waals surface area contributed by atoms with Crippen molar-refractivity contribution in [3.63, 3.8) is 0 Å². The van der Waals surface area contributed by atoms with Gasteiger partial charge in [0.25, 0.3) is 0 Å². The van der Waals surface area contributed by atoms with Crippen LogP contribution in [0.5, 0.6) is 0 Å². The number of rotatable bonds is 6. The fourth-order valence-electron chi connectivity index (χ4n) is 1.97. The molecule has 0 amide bonds. The molecule has 3 aromatic heterocycles. The predicted molar refractivity (Wildman–Crippen MR) is 72.2 cm³/mol. The first kappa shape index (κ1) is 13.6. The highest BCUT2D eigenvalue weighted by atomic mass is 16.2. The number of carbonyl (C=O) groups excluding carboxylic acids is 3. The summed E-state index contributed by atoms with van der Waals surface area (Å²) in [6, 6.07) is 0. The van der Waals surface area contributed by atoms with Gasteiger partial charge in [-0.05, 0) is 0 Å². The van der Waals surface area contributed by atoms with Crippen molar-refractivity contribution in [2.45, 2.75) is 0 Å². The van der Waals surface area contributed by atoms with Crippen LogP contribution in [0, 0.1) is 5.92 Å². The zero-order valence-electron chi connectivity index (χ0n) is 11.1. The quantitative estimate of drug-likeness (QED) is 0.445. The van der Waals surface area contributed by atoms with E-state index in [-0.39, 0.29) is 17.5 Å². The topological polar surface area (TPSA) is 137 Å². The van der Waals surface area contributed by atoms with Crippen molar-refractivity contribution in [1.82, 2.24) is 29.9 Å². The van der Waals surface area contributed by atoms with Gasteiger partial charge in [-0.25, -0.2) is 15.0 Å². The summed E-state index contributed by atoms with van der Waals surface area (Å²) in [5.74, 6) is -4.07. The zero-order valence-corrected chi connectivity index (χ0v) is 11.1. The van der Waals surface area contributed by atoms with E-state index < -0.39 is 23.3 Å². The van der Waals surface area contributed by atoms with Gasteiger partial charge in [-0.1, -0.05) is 0 Å². The molecule has 0 bridgehead atoms. The number of nitrogens with one attached hydrogen (secondary N) is 3. The van der Waals surface area contributed by atoms with Crippen LogP contribution in [0.4, 0.5) is 0 Å². The Balaban J connectivity index is 2.00. The summed E-state index contributed by atoms with van der Waals surface area (Å²) in [6.07, 6.45) is 8.37. The average molecular weight is 298 g/mol. The molecule has 0 saturated heterocycles. The summed E-state index contributed by atoms with van der Waals surface area (Å²) < 4.78 is 0. The number of aromatic nitrogens is 6. The Bertz CT molecular complexity index is 679. The lowest BCUT2D eigenvalue weighted by Gasteiger charge is -2.09. The molecule has 0 aromatic carbocycles. The Morgan fingerprint density at radius 3 is 1.23 bits per heavy atom. The zero-order chi connectivity index (χ0) is 15.5. The molecule has 3 heterocycles. The Kier molecular flexibility index (Phi) is 3.44. The molecule has 0 unspecified atom stereocenters. The lowest BCUT2D eigenvalue weighted by Crippen LogP contribution is -2.34. The maximum Gasteiger partial charge on any atom is 0.216 e.